The number of nitro groups is 2. The highest BCUT2D eigenvalue weighted by Gasteiger charge is 2.38. The number of non-ortho nitro benzene ring substituents is 1. The summed E-state index contributed by atoms with van der Waals surface area (Å²) in [5.74, 6) is 1.43. The van der Waals surface area contributed by atoms with E-state index in [0.29, 0.717) is 64.1 Å². The first-order valence-electron chi connectivity index (χ1n) is 17.4. The number of anilines is 1. The summed E-state index contributed by atoms with van der Waals surface area (Å²) >= 11 is 0. The topological polar surface area (TPSA) is 183 Å². The van der Waals surface area contributed by atoms with Gasteiger partial charge in [-0.05, 0) is 53.4 Å². The van der Waals surface area contributed by atoms with Gasteiger partial charge < -0.3 is 43.6 Å². The van der Waals surface area contributed by atoms with Crippen LogP contribution in [0.15, 0.2) is 97.1 Å². The second-order valence-corrected chi connectivity index (χ2v) is 11.9. The normalized spacial score (nSPS) is 11.9. The lowest BCUT2D eigenvalue weighted by atomic mass is 9.80. The maximum absolute atomic E-state index is 11.2. The molecule has 15 heteroatoms. The minimum atomic E-state index is -1.05. The maximum atomic E-state index is 11.2. The van der Waals surface area contributed by atoms with Crippen molar-refractivity contribution in [3.8, 4) is 11.5 Å². The molecule has 2 N–H and O–H groups in total. The van der Waals surface area contributed by atoms with Crippen molar-refractivity contribution in [1.82, 2.24) is 0 Å². The number of aliphatic hydroxyl groups is 1. The Morgan fingerprint density at radius 2 is 1.17 bits per heavy atom. The van der Waals surface area contributed by atoms with Gasteiger partial charge in [0.15, 0.2) is 0 Å². The molecule has 0 spiro atoms. The molecule has 0 aliphatic carbocycles. The average molecular weight is 750 g/mol. The molecule has 54 heavy (non-hydrogen) atoms. The number of nitrogens with one attached hydrogen (secondary N) is 1. The molecule has 0 amide bonds. The highest BCUT2D eigenvalue weighted by molar-refractivity contribution is 5.65. The Morgan fingerprint density at radius 1 is 0.648 bits per heavy atom. The van der Waals surface area contributed by atoms with Crippen LogP contribution >= 0.6 is 0 Å². The van der Waals surface area contributed by atoms with Crippen molar-refractivity contribution in [2.75, 3.05) is 85.5 Å². The van der Waals surface area contributed by atoms with E-state index in [-0.39, 0.29) is 36.9 Å². The fourth-order valence-electron chi connectivity index (χ4n) is 5.55. The van der Waals surface area contributed by atoms with Crippen LogP contribution in [0.1, 0.15) is 23.1 Å². The number of hydrogen-bond acceptors (Lipinski definition) is 13. The van der Waals surface area contributed by atoms with Crippen LogP contribution in [0.2, 0.25) is 0 Å². The zero-order valence-electron chi connectivity index (χ0n) is 30.4. The van der Waals surface area contributed by atoms with E-state index in [1.165, 1.54) is 12.1 Å². The largest absolute Gasteiger partial charge is 0.497 e. The van der Waals surface area contributed by atoms with Crippen molar-refractivity contribution in [2.45, 2.75) is 18.1 Å². The SMILES string of the molecule is COc1ccc(C(OC[C@H](O)COCCOCCOCCOCCCNc2ccc([N+](=O)[O-])cc2[N+](=O)[O-])(c2ccccc2)c2ccc(OC)cc2)cc1. The van der Waals surface area contributed by atoms with E-state index < -0.39 is 21.6 Å². The first-order chi connectivity index (χ1) is 26.3. The lowest BCUT2D eigenvalue weighted by molar-refractivity contribution is -0.393. The minimum Gasteiger partial charge on any atom is -0.497 e. The quantitative estimate of drug-likeness (QED) is 0.0342. The molecule has 0 aromatic heterocycles. The number of benzene rings is 4. The first-order valence-corrected chi connectivity index (χ1v) is 17.4. The highest BCUT2D eigenvalue weighted by atomic mass is 16.6. The fourth-order valence-corrected chi connectivity index (χ4v) is 5.55. The first kappa shape index (κ1) is 41.6. The number of methoxy groups -OCH3 is 2. The van der Waals surface area contributed by atoms with E-state index >= 15 is 0 Å². The molecule has 0 saturated heterocycles. The Labute approximate surface area is 314 Å². The summed E-state index contributed by atoms with van der Waals surface area (Å²) in [4.78, 5) is 20.8. The lowest BCUT2D eigenvalue weighted by Crippen LogP contribution is -2.36. The summed E-state index contributed by atoms with van der Waals surface area (Å²) in [6.45, 7) is 2.88. The molecule has 0 bridgehead atoms. The molecular weight excluding hydrogens is 702 g/mol. The molecular formula is C39H47N3O12. The van der Waals surface area contributed by atoms with Crippen molar-refractivity contribution < 1.29 is 48.1 Å². The minimum absolute atomic E-state index is 0.0114. The molecule has 0 heterocycles. The van der Waals surface area contributed by atoms with Gasteiger partial charge in [-0.25, -0.2) is 0 Å². The van der Waals surface area contributed by atoms with E-state index in [0.717, 1.165) is 22.8 Å². The van der Waals surface area contributed by atoms with Gasteiger partial charge in [-0.1, -0.05) is 54.6 Å². The second-order valence-electron chi connectivity index (χ2n) is 11.9. The second kappa shape index (κ2) is 22.1. The van der Waals surface area contributed by atoms with E-state index in [1.54, 1.807) is 14.2 Å². The Hall–Kier alpha value is -5.16. The third kappa shape index (κ3) is 12.2. The maximum Gasteiger partial charge on any atom is 0.299 e. The van der Waals surface area contributed by atoms with E-state index in [9.17, 15) is 25.3 Å². The average Bonchev–Trinajstić information content (AvgIpc) is 3.20. The van der Waals surface area contributed by atoms with Crippen LogP contribution in [0.4, 0.5) is 17.1 Å². The molecule has 4 rings (SSSR count). The summed E-state index contributed by atoms with van der Waals surface area (Å²) in [5, 5.41) is 35.9. The molecule has 290 valence electrons. The van der Waals surface area contributed by atoms with Crippen LogP contribution in [0.3, 0.4) is 0 Å². The molecule has 0 aliphatic heterocycles. The van der Waals surface area contributed by atoms with Crippen molar-refractivity contribution >= 4 is 17.1 Å². The lowest BCUT2D eigenvalue weighted by Gasteiger charge is -2.36. The Morgan fingerprint density at radius 3 is 1.69 bits per heavy atom. The predicted molar refractivity (Wildman–Crippen MR) is 200 cm³/mol. The standard InChI is InChI=1S/C39H47N3O12/c1-48-35-14-9-31(10-15-35)39(30-7-4-3-5-8-30,32-11-16-36(49-2)17-12-32)54-29-34(43)28-53-26-25-52-24-23-51-22-21-50-20-6-19-40-37-18-13-33(41(44)45)27-38(37)42(46)47/h3-5,7-18,27,34,40,43H,6,19-26,28-29H2,1-2H3/t34-/m1/s1. The smallest absolute Gasteiger partial charge is 0.299 e. The molecule has 0 saturated carbocycles. The molecule has 4 aromatic carbocycles. The van der Waals surface area contributed by atoms with Gasteiger partial charge in [0, 0.05) is 19.2 Å². The van der Waals surface area contributed by atoms with E-state index in [2.05, 4.69) is 5.32 Å². The van der Waals surface area contributed by atoms with Gasteiger partial charge in [-0.15, -0.1) is 0 Å². The number of ether oxygens (including phenoxy) is 7. The summed E-state index contributed by atoms with van der Waals surface area (Å²) in [6.07, 6.45) is -0.346. The van der Waals surface area contributed by atoms with Crippen LogP contribution < -0.4 is 14.8 Å². The molecule has 0 aliphatic rings. The highest BCUT2D eigenvalue weighted by Crippen LogP contribution is 2.41. The molecule has 4 aromatic rings. The van der Waals surface area contributed by atoms with Crippen molar-refractivity contribution in [2.24, 2.45) is 0 Å². The zero-order valence-corrected chi connectivity index (χ0v) is 30.4. The Kier molecular flexibility index (Phi) is 17.1. The fraction of sp³-hybridized carbons (Fsp3) is 0.385. The van der Waals surface area contributed by atoms with Gasteiger partial charge in [0.25, 0.3) is 11.4 Å². The number of nitro benzene ring substituents is 2. The van der Waals surface area contributed by atoms with Gasteiger partial charge in [0.2, 0.25) is 0 Å². The third-order valence-corrected chi connectivity index (χ3v) is 8.26. The van der Waals surface area contributed by atoms with Crippen molar-refractivity contribution in [3.05, 3.63) is 134 Å². The summed E-state index contributed by atoms with van der Waals surface area (Å²) < 4.78 is 39.8. The molecule has 15 nitrogen and oxygen atoms in total. The van der Waals surface area contributed by atoms with Crippen molar-refractivity contribution in [1.29, 1.82) is 0 Å². The molecule has 0 radical (unpaired) electrons. The molecule has 1 atom stereocenters. The zero-order chi connectivity index (χ0) is 38.6. The van der Waals surface area contributed by atoms with E-state index in [4.69, 9.17) is 33.2 Å². The monoisotopic (exact) mass is 749 g/mol. The molecule has 0 unspecified atom stereocenters. The predicted octanol–water partition coefficient (Wildman–Crippen LogP) is 5.76. The van der Waals surface area contributed by atoms with Gasteiger partial charge in [-0.3, -0.25) is 20.2 Å². The van der Waals surface area contributed by atoms with Gasteiger partial charge in [0.05, 0.1) is 83.0 Å². The van der Waals surface area contributed by atoms with Gasteiger partial charge in [0.1, 0.15) is 28.9 Å². The van der Waals surface area contributed by atoms with Gasteiger partial charge >= 0.3 is 0 Å². The third-order valence-electron chi connectivity index (χ3n) is 8.26. The Balaban J connectivity index is 1.12. The summed E-state index contributed by atoms with van der Waals surface area (Å²) in [7, 11) is 3.24. The molecule has 0 fully saturated rings. The Bertz CT molecular complexity index is 1660. The van der Waals surface area contributed by atoms with Gasteiger partial charge in [-0.2, -0.15) is 0 Å². The van der Waals surface area contributed by atoms with Crippen LogP contribution in [-0.4, -0.2) is 101 Å². The summed E-state index contributed by atoms with van der Waals surface area (Å²) in [6, 6.07) is 28.7. The number of rotatable bonds is 26. The number of aliphatic hydroxyl groups excluding tert-OH is 1. The van der Waals surface area contributed by atoms with Crippen molar-refractivity contribution in [3.63, 3.8) is 0 Å². The summed E-state index contributed by atoms with van der Waals surface area (Å²) in [5.41, 5.74) is 1.08. The number of nitrogens with zero attached hydrogens (tertiary/aromatic N) is 2. The van der Waals surface area contributed by atoms with Crippen LogP contribution in [0, 0.1) is 20.2 Å². The van der Waals surface area contributed by atoms with Crippen LogP contribution in [0.5, 0.6) is 11.5 Å². The number of hydrogen-bond donors (Lipinski definition) is 2. The van der Waals surface area contributed by atoms with E-state index in [1.807, 2.05) is 78.9 Å². The van der Waals surface area contributed by atoms with Crippen LogP contribution in [-0.2, 0) is 29.3 Å². The van der Waals surface area contributed by atoms with Crippen LogP contribution in [0.25, 0.3) is 0 Å².